The lowest BCUT2D eigenvalue weighted by molar-refractivity contribution is -0.142. The summed E-state index contributed by atoms with van der Waals surface area (Å²) in [6.45, 7) is 3.47. The van der Waals surface area contributed by atoms with Crippen LogP contribution in [0.5, 0.6) is 0 Å². The summed E-state index contributed by atoms with van der Waals surface area (Å²) in [5.74, 6) is -2.49. The fraction of sp³-hybridized carbons (Fsp3) is 0.462. The molecule has 0 aromatic heterocycles. The molecule has 1 atom stereocenters. The predicted octanol–water partition coefficient (Wildman–Crippen LogP) is 2.50. The van der Waals surface area contributed by atoms with Crippen molar-refractivity contribution in [3.63, 3.8) is 0 Å². The average molecular weight is 338 g/mol. The first-order valence-electron chi connectivity index (χ1n) is 6.31. The first-order chi connectivity index (χ1) is 9.63. The maximum Gasteiger partial charge on any atom is 0.307 e. The molecule has 1 aromatic carbocycles. The van der Waals surface area contributed by atoms with Crippen LogP contribution in [0.3, 0.4) is 0 Å². The Labute approximate surface area is 128 Å². The van der Waals surface area contributed by atoms with Crippen LogP contribution in [-0.4, -0.2) is 26.0 Å². The Kier molecular flexibility index (Phi) is 6.12. The first-order valence-corrected chi connectivity index (χ1v) is 8.17. The van der Waals surface area contributed by atoms with Crippen molar-refractivity contribution in [1.29, 1.82) is 0 Å². The predicted molar refractivity (Wildman–Crippen MR) is 77.2 cm³/mol. The van der Waals surface area contributed by atoms with Crippen molar-refractivity contribution in [2.75, 3.05) is 6.54 Å². The summed E-state index contributed by atoms with van der Waals surface area (Å²) in [5, 5.41) is 8.75. The van der Waals surface area contributed by atoms with E-state index in [1.54, 1.807) is 0 Å². The highest BCUT2D eigenvalue weighted by Gasteiger charge is 2.23. The molecule has 5 nitrogen and oxygen atoms in total. The number of hydrogen-bond acceptors (Lipinski definition) is 3. The van der Waals surface area contributed by atoms with Crippen LogP contribution in [0.4, 0.5) is 4.39 Å². The Balaban J connectivity index is 2.84. The lowest BCUT2D eigenvalue weighted by Gasteiger charge is -2.15. The number of carboxylic acid groups (broad SMARTS) is 1. The smallest absolute Gasteiger partial charge is 0.307 e. The normalized spacial score (nSPS) is 13.4. The second kappa shape index (κ2) is 7.20. The van der Waals surface area contributed by atoms with Gasteiger partial charge in [0.25, 0.3) is 0 Å². The molecule has 0 aliphatic carbocycles. The molecular formula is C13H17ClFNO4S. The third-order valence-electron chi connectivity index (χ3n) is 2.83. The quantitative estimate of drug-likeness (QED) is 0.800. The molecule has 0 bridgehead atoms. The van der Waals surface area contributed by atoms with Gasteiger partial charge in [0.15, 0.2) is 0 Å². The molecule has 0 heterocycles. The zero-order chi connectivity index (χ0) is 16.2. The maximum absolute atomic E-state index is 13.0. The number of carboxylic acids is 1. The lowest BCUT2D eigenvalue weighted by Crippen LogP contribution is -2.33. The van der Waals surface area contributed by atoms with Gasteiger partial charge in [-0.3, -0.25) is 4.79 Å². The Morgan fingerprint density at radius 1 is 1.43 bits per heavy atom. The van der Waals surface area contributed by atoms with Gasteiger partial charge in [-0.1, -0.05) is 25.4 Å². The molecule has 0 saturated carbocycles. The van der Waals surface area contributed by atoms with E-state index >= 15 is 0 Å². The Hall–Kier alpha value is -1.18. The van der Waals surface area contributed by atoms with E-state index in [-0.39, 0.29) is 22.4 Å². The van der Waals surface area contributed by atoms with Gasteiger partial charge >= 0.3 is 5.97 Å². The second-order valence-electron chi connectivity index (χ2n) is 5.09. The van der Waals surface area contributed by atoms with E-state index in [2.05, 4.69) is 4.72 Å². The van der Waals surface area contributed by atoms with E-state index in [1.807, 2.05) is 13.8 Å². The standard InChI is InChI=1S/C13H17ClFNO4S/c1-8(2)5-9(13(17)18)7-16-21(19,20)10-3-4-12(15)11(14)6-10/h3-4,6,8-9,16H,5,7H2,1-2H3,(H,17,18). The molecule has 1 aromatic rings. The van der Waals surface area contributed by atoms with Crippen LogP contribution >= 0.6 is 11.6 Å². The third-order valence-corrected chi connectivity index (χ3v) is 4.54. The van der Waals surface area contributed by atoms with Gasteiger partial charge in [0.05, 0.1) is 15.8 Å². The van der Waals surface area contributed by atoms with Crippen molar-refractivity contribution in [3.8, 4) is 0 Å². The minimum Gasteiger partial charge on any atom is -0.481 e. The Morgan fingerprint density at radius 2 is 2.05 bits per heavy atom. The summed E-state index contributed by atoms with van der Waals surface area (Å²) in [6.07, 6.45) is 0.349. The van der Waals surface area contributed by atoms with Gasteiger partial charge in [-0.05, 0) is 30.5 Å². The zero-order valence-electron chi connectivity index (χ0n) is 11.6. The Bertz CT molecular complexity index is 619. The molecule has 0 saturated heterocycles. The number of rotatable bonds is 7. The van der Waals surface area contributed by atoms with E-state index in [0.717, 1.165) is 18.2 Å². The number of sulfonamides is 1. The highest BCUT2D eigenvalue weighted by Crippen LogP contribution is 2.20. The summed E-state index contributed by atoms with van der Waals surface area (Å²) in [7, 11) is -3.93. The molecule has 1 rings (SSSR count). The number of aliphatic carboxylic acids is 1. The van der Waals surface area contributed by atoms with Crippen LogP contribution in [-0.2, 0) is 14.8 Å². The van der Waals surface area contributed by atoms with Crippen LogP contribution in [0.2, 0.25) is 5.02 Å². The topological polar surface area (TPSA) is 83.5 Å². The molecule has 0 aliphatic heterocycles. The van der Waals surface area contributed by atoms with Crippen molar-refractivity contribution in [2.24, 2.45) is 11.8 Å². The number of benzene rings is 1. The van der Waals surface area contributed by atoms with E-state index < -0.39 is 27.7 Å². The largest absolute Gasteiger partial charge is 0.481 e. The van der Waals surface area contributed by atoms with Crippen molar-refractivity contribution in [3.05, 3.63) is 29.0 Å². The fourth-order valence-corrected chi connectivity index (χ4v) is 3.13. The summed E-state index contributed by atoms with van der Waals surface area (Å²) in [6, 6.07) is 3.00. The van der Waals surface area contributed by atoms with Gasteiger partial charge < -0.3 is 5.11 Å². The molecule has 118 valence electrons. The molecule has 0 aliphatic rings. The van der Waals surface area contributed by atoms with E-state index in [4.69, 9.17) is 16.7 Å². The second-order valence-corrected chi connectivity index (χ2v) is 7.27. The molecule has 8 heteroatoms. The zero-order valence-corrected chi connectivity index (χ0v) is 13.2. The van der Waals surface area contributed by atoms with E-state index in [1.165, 1.54) is 0 Å². The van der Waals surface area contributed by atoms with Crippen LogP contribution in [0.1, 0.15) is 20.3 Å². The highest BCUT2D eigenvalue weighted by molar-refractivity contribution is 7.89. The van der Waals surface area contributed by atoms with Gasteiger partial charge in [0.1, 0.15) is 5.82 Å². The minimum atomic E-state index is -3.93. The summed E-state index contributed by atoms with van der Waals surface area (Å²) in [5.41, 5.74) is 0. The Morgan fingerprint density at radius 3 is 2.52 bits per heavy atom. The number of halogens is 2. The maximum atomic E-state index is 13.0. The van der Waals surface area contributed by atoms with Crippen molar-refractivity contribution in [1.82, 2.24) is 4.72 Å². The minimum absolute atomic E-state index is 0.121. The fourth-order valence-electron chi connectivity index (χ4n) is 1.78. The van der Waals surface area contributed by atoms with Gasteiger partial charge in [-0.2, -0.15) is 0 Å². The van der Waals surface area contributed by atoms with Crippen LogP contribution in [0.25, 0.3) is 0 Å². The molecule has 0 radical (unpaired) electrons. The number of carbonyl (C=O) groups is 1. The molecule has 21 heavy (non-hydrogen) atoms. The molecule has 2 N–H and O–H groups in total. The lowest BCUT2D eigenvalue weighted by atomic mass is 9.98. The first kappa shape index (κ1) is 17.9. The van der Waals surface area contributed by atoms with Crippen LogP contribution in [0.15, 0.2) is 23.1 Å². The highest BCUT2D eigenvalue weighted by atomic mass is 35.5. The number of nitrogens with one attached hydrogen (secondary N) is 1. The summed E-state index contributed by atoms with van der Waals surface area (Å²) in [4.78, 5) is 10.9. The van der Waals surface area contributed by atoms with Crippen molar-refractivity contribution in [2.45, 2.75) is 25.2 Å². The van der Waals surface area contributed by atoms with Gasteiger partial charge in [-0.15, -0.1) is 0 Å². The van der Waals surface area contributed by atoms with Crippen LogP contribution in [0, 0.1) is 17.7 Å². The third kappa shape index (κ3) is 5.26. The molecule has 0 fully saturated rings. The molecule has 0 spiro atoms. The van der Waals surface area contributed by atoms with Gasteiger partial charge in [0, 0.05) is 6.54 Å². The van der Waals surface area contributed by atoms with Crippen LogP contribution < -0.4 is 4.72 Å². The van der Waals surface area contributed by atoms with Gasteiger partial charge in [0.2, 0.25) is 10.0 Å². The monoisotopic (exact) mass is 337 g/mol. The molecule has 1 unspecified atom stereocenters. The molecule has 0 amide bonds. The van der Waals surface area contributed by atoms with Crippen molar-refractivity contribution < 1.29 is 22.7 Å². The molecular weight excluding hydrogens is 321 g/mol. The van der Waals surface area contributed by atoms with E-state index in [9.17, 15) is 17.6 Å². The number of hydrogen-bond donors (Lipinski definition) is 2. The summed E-state index contributed by atoms with van der Waals surface area (Å²) < 4.78 is 39.3. The SMILES string of the molecule is CC(C)CC(CNS(=O)(=O)c1ccc(F)c(Cl)c1)C(=O)O. The van der Waals surface area contributed by atoms with Crippen molar-refractivity contribution >= 4 is 27.6 Å². The average Bonchev–Trinajstić information content (AvgIpc) is 2.37. The summed E-state index contributed by atoms with van der Waals surface area (Å²) >= 11 is 5.54. The van der Waals surface area contributed by atoms with Gasteiger partial charge in [-0.25, -0.2) is 17.5 Å². The van der Waals surface area contributed by atoms with E-state index in [0.29, 0.717) is 6.42 Å².